The van der Waals surface area contributed by atoms with Gasteiger partial charge in [-0.3, -0.25) is 0 Å². The van der Waals surface area contributed by atoms with Crippen LogP contribution in [0.5, 0.6) is 0 Å². The summed E-state index contributed by atoms with van der Waals surface area (Å²) in [7, 11) is -1.10. The van der Waals surface area contributed by atoms with Crippen LogP contribution in [-0.2, 0) is 27.1 Å². The van der Waals surface area contributed by atoms with Crippen molar-refractivity contribution >= 4 is 82.7 Å². The summed E-state index contributed by atoms with van der Waals surface area (Å²) in [6.07, 6.45) is 14.4. The highest BCUT2D eigenvalue weighted by atomic mass is 28.2. The Morgan fingerprint density at radius 3 is 1.75 bits per heavy atom. The maximum Gasteiger partial charge on any atom is 0.252 e. The highest BCUT2D eigenvalue weighted by molar-refractivity contribution is 7.00. The molecule has 6 aliphatic rings. The van der Waals surface area contributed by atoms with Gasteiger partial charge in [0.1, 0.15) is 0 Å². The molecule has 0 N–H and O–H groups in total. The van der Waals surface area contributed by atoms with Crippen molar-refractivity contribution in [2.24, 2.45) is 0 Å². The standard InChI is InChI=1S/C71H80BN3Si/c1-65(2,3)48-30-33-58(53(39-48)46-25-17-15-18-26-46)73-60-41-50(67(7,8)9)29-32-56(60)72-57-45-52(76(13)14)44-55-64(57)75(70(12)37-23-24-38-71(55,70)47-27-19-16-20-28-47)62-43-51(42-61(73)63(62)72)74-59-34-31-49(66(4,5)6)40-54(59)68(10)35-21-22-36-69(68,74)11/h15-20,25-34,39-45H,13,21-24,35-38H2,1-12,14H3. The minimum atomic E-state index is -1.10. The van der Waals surface area contributed by atoms with Gasteiger partial charge in [-0.2, -0.15) is 0 Å². The van der Waals surface area contributed by atoms with E-state index in [4.69, 9.17) is 6.17 Å². The van der Waals surface area contributed by atoms with Crippen LogP contribution in [0.25, 0.3) is 11.1 Å². The van der Waals surface area contributed by atoms with E-state index in [1.54, 1.807) is 0 Å². The molecule has 4 atom stereocenters. The fraction of sp³-hybridized carbons (Fsp3) is 0.394. The zero-order valence-corrected chi connectivity index (χ0v) is 49.1. The molecule has 0 bridgehead atoms. The summed E-state index contributed by atoms with van der Waals surface area (Å²) in [6.45, 7) is 31.7. The maximum absolute atomic E-state index is 4.90. The molecule has 0 saturated heterocycles. The summed E-state index contributed by atoms with van der Waals surface area (Å²) in [5.41, 5.74) is 24.2. The van der Waals surface area contributed by atoms with Gasteiger partial charge in [-0.1, -0.05) is 205 Å². The Hall–Kier alpha value is -5.91. The highest BCUT2D eigenvalue weighted by Gasteiger charge is 2.65. The van der Waals surface area contributed by atoms with Crippen molar-refractivity contribution in [3.63, 3.8) is 0 Å². The van der Waals surface area contributed by atoms with Crippen LogP contribution in [0.3, 0.4) is 0 Å². The van der Waals surface area contributed by atoms with E-state index in [1.165, 1.54) is 138 Å². The first-order valence-electron chi connectivity index (χ1n) is 29.0. The van der Waals surface area contributed by atoms with E-state index in [0.717, 1.165) is 19.3 Å². The van der Waals surface area contributed by atoms with Crippen molar-refractivity contribution in [1.29, 1.82) is 0 Å². The van der Waals surface area contributed by atoms with Crippen LogP contribution in [0, 0.1) is 0 Å². The lowest BCUT2D eigenvalue weighted by molar-refractivity contribution is 0.194. The largest absolute Gasteiger partial charge is 0.335 e. The molecule has 7 aromatic rings. The van der Waals surface area contributed by atoms with E-state index in [9.17, 15) is 0 Å². The van der Waals surface area contributed by atoms with Gasteiger partial charge in [-0.25, -0.2) is 0 Å². The topological polar surface area (TPSA) is 9.72 Å². The minimum absolute atomic E-state index is 0.0203. The van der Waals surface area contributed by atoms with Gasteiger partial charge in [0.2, 0.25) is 0 Å². The average Bonchev–Trinajstić information content (AvgIpc) is 3.81. The quantitative estimate of drug-likeness (QED) is 0.159. The number of nitrogens with zero attached hydrogens (tertiary/aromatic N) is 3. The Kier molecular flexibility index (Phi) is 10.8. The third-order valence-corrected chi connectivity index (χ3v) is 21.8. The molecule has 4 unspecified atom stereocenters. The van der Waals surface area contributed by atoms with Gasteiger partial charge in [0.25, 0.3) is 6.71 Å². The van der Waals surface area contributed by atoms with E-state index < -0.39 is 8.41 Å². The van der Waals surface area contributed by atoms with E-state index in [-0.39, 0.29) is 44.9 Å². The summed E-state index contributed by atoms with van der Waals surface area (Å²) in [6, 6.07) is 56.4. The molecule has 386 valence electrons. The van der Waals surface area contributed by atoms with Crippen molar-refractivity contribution in [1.82, 2.24) is 0 Å². The summed E-state index contributed by atoms with van der Waals surface area (Å²) in [5.74, 6) is 0. The molecule has 0 aromatic heterocycles. The maximum atomic E-state index is 4.90. The Balaban J connectivity index is 1.20. The average molecular weight is 1010 g/mol. The van der Waals surface area contributed by atoms with Gasteiger partial charge in [-0.05, 0) is 153 Å². The first kappa shape index (κ1) is 49.7. The summed E-state index contributed by atoms with van der Waals surface area (Å²) in [5, 5.41) is 1.44. The normalized spacial score (nSPS) is 24.1. The molecule has 76 heavy (non-hydrogen) atoms. The second-order valence-corrected chi connectivity index (χ2v) is 30.1. The van der Waals surface area contributed by atoms with Crippen LogP contribution in [0.1, 0.15) is 168 Å². The molecule has 0 radical (unpaired) electrons. The molecule has 4 heterocycles. The number of benzene rings is 7. The van der Waals surface area contributed by atoms with E-state index >= 15 is 0 Å². The van der Waals surface area contributed by atoms with Gasteiger partial charge < -0.3 is 14.7 Å². The predicted molar refractivity (Wildman–Crippen MR) is 331 cm³/mol. The number of anilines is 7. The third-order valence-electron chi connectivity index (χ3n) is 20.5. The molecule has 4 aliphatic heterocycles. The molecule has 3 nitrogen and oxygen atoms in total. The van der Waals surface area contributed by atoms with E-state index in [2.05, 4.69) is 244 Å². The van der Waals surface area contributed by atoms with Crippen molar-refractivity contribution < 1.29 is 0 Å². The lowest BCUT2D eigenvalue weighted by Gasteiger charge is -2.54. The first-order valence-corrected chi connectivity index (χ1v) is 31.2. The van der Waals surface area contributed by atoms with Gasteiger partial charge in [0.05, 0.1) is 16.8 Å². The van der Waals surface area contributed by atoms with E-state index in [0.29, 0.717) is 0 Å². The van der Waals surface area contributed by atoms with Crippen molar-refractivity contribution in [2.45, 2.75) is 179 Å². The number of hydrogen-bond acceptors (Lipinski definition) is 3. The summed E-state index contributed by atoms with van der Waals surface area (Å²) < 4.78 is 0. The number of rotatable bonds is 5. The molecule has 2 fully saturated rings. The van der Waals surface area contributed by atoms with Crippen LogP contribution in [0.15, 0.2) is 140 Å². The first-order chi connectivity index (χ1) is 36.0. The van der Waals surface area contributed by atoms with Crippen molar-refractivity contribution in [2.75, 3.05) is 14.7 Å². The van der Waals surface area contributed by atoms with Gasteiger partial charge in [0, 0.05) is 58.9 Å². The molecule has 13 rings (SSSR count). The lowest BCUT2D eigenvalue weighted by atomic mass is 9.33. The van der Waals surface area contributed by atoms with Crippen LogP contribution in [0.4, 0.5) is 39.8 Å². The number of fused-ring (bicyclic) bond motifs is 10. The zero-order chi connectivity index (χ0) is 53.3. The fourth-order valence-electron chi connectivity index (χ4n) is 16.1. The van der Waals surface area contributed by atoms with Crippen LogP contribution >= 0.6 is 0 Å². The molecular formula is C71H80BN3Si. The lowest BCUT2D eigenvalue weighted by Crippen LogP contribution is -2.65. The highest BCUT2D eigenvalue weighted by Crippen LogP contribution is 2.66. The second-order valence-electron chi connectivity index (χ2n) is 28.0. The number of hydrogen-bond donors (Lipinski definition) is 0. The fourth-order valence-corrected chi connectivity index (χ4v) is 16.9. The molecule has 5 heteroatoms. The molecule has 2 saturated carbocycles. The summed E-state index contributed by atoms with van der Waals surface area (Å²) >= 11 is 0. The Labute approximate surface area is 458 Å². The van der Waals surface area contributed by atoms with Gasteiger partial charge >= 0.3 is 0 Å². The Morgan fingerprint density at radius 2 is 1.08 bits per heavy atom. The predicted octanol–water partition coefficient (Wildman–Crippen LogP) is 15.7. The molecule has 2 aliphatic carbocycles. The third kappa shape index (κ3) is 6.75. The second kappa shape index (κ2) is 16.6. The monoisotopic (exact) mass is 1010 g/mol. The van der Waals surface area contributed by atoms with Crippen LogP contribution in [-0.4, -0.2) is 32.4 Å². The van der Waals surface area contributed by atoms with E-state index in [1.807, 2.05) is 0 Å². The molecule has 0 spiro atoms. The Bertz CT molecular complexity index is 3560. The Morgan fingerprint density at radius 1 is 0.500 bits per heavy atom. The van der Waals surface area contributed by atoms with Crippen LogP contribution in [0.2, 0.25) is 6.55 Å². The molecule has 0 amide bonds. The van der Waals surface area contributed by atoms with Crippen molar-refractivity contribution in [3.05, 3.63) is 173 Å². The van der Waals surface area contributed by atoms with Gasteiger partial charge in [0.15, 0.2) is 0 Å². The van der Waals surface area contributed by atoms with Crippen LogP contribution < -0.4 is 36.3 Å². The SMILES string of the molecule is C=[Si](C)c1cc2c3c(c1)C1(c4ccccc4)CCCCC1(C)N3c1cc(N3c4ccc(C(C)(C)C)cc4C4(C)CCCCC34C)cc3c1B2c1ccc(C(C)(C)C)cc1N3c1ccc(C(C)(C)C)cc1-c1ccccc1. The van der Waals surface area contributed by atoms with Crippen molar-refractivity contribution in [3.8, 4) is 11.1 Å². The smallest absolute Gasteiger partial charge is 0.252 e. The molecular weight excluding hydrogens is 934 g/mol. The van der Waals surface area contributed by atoms with Gasteiger partial charge in [-0.15, -0.1) is 6.17 Å². The zero-order valence-electron chi connectivity index (χ0n) is 48.1. The summed E-state index contributed by atoms with van der Waals surface area (Å²) in [4.78, 5) is 8.63. The molecule has 7 aromatic carbocycles. The minimum Gasteiger partial charge on any atom is -0.335 e.